The second-order valence-corrected chi connectivity index (χ2v) is 5.44. The highest BCUT2D eigenvalue weighted by molar-refractivity contribution is 7.80. The van der Waals surface area contributed by atoms with Gasteiger partial charge in [-0.25, -0.2) is 4.39 Å². The number of hydrogen-bond donors (Lipinski definition) is 3. The summed E-state index contributed by atoms with van der Waals surface area (Å²) in [6.45, 7) is 1.94. The van der Waals surface area contributed by atoms with Crippen LogP contribution in [-0.2, 0) is 4.79 Å². The Balaban J connectivity index is 1.73. The van der Waals surface area contributed by atoms with Crippen molar-refractivity contribution >= 4 is 40.3 Å². The summed E-state index contributed by atoms with van der Waals surface area (Å²) >= 11 is 5.11. The molecule has 5 nitrogen and oxygen atoms in total. The van der Waals surface area contributed by atoms with E-state index in [0.29, 0.717) is 5.69 Å². The molecule has 1 heterocycles. The van der Waals surface area contributed by atoms with Crippen molar-refractivity contribution in [3.63, 3.8) is 0 Å². The van der Waals surface area contributed by atoms with Gasteiger partial charge in [-0.3, -0.25) is 10.2 Å². The van der Waals surface area contributed by atoms with Crippen molar-refractivity contribution in [2.45, 2.75) is 6.92 Å². The molecule has 0 bridgehead atoms. The van der Waals surface area contributed by atoms with E-state index in [2.05, 4.69) is 21.2 Å². The minimum atomic E-state index is -0.329. The van der Waals surface area contributed by atoms with E-state index in [4.69, 9.17) is 12.2 Å². The second kappa shape index (κ2) is 6.13. The first-order valence-corrected chi connectivity index (χ1v) is 7.26. The topological polar surface area (TPSA) is 65.5 Å². The molecule has 0 unspecified atom stereocenters. The largest absolute Gasteiger partial charge is 0.331 e. The van der Waals surface area contributed by atoms with E-state index in [1.54, 1.807) is 12.1 Å². The van der Waals surface area contributed by atoms with Crippen molar-refractivity contribution in [2.75, 3.05) is 10.6 Å². The number of nitrogens with one attached hydrogen (secondary N) is 3. The minimum Gasteiger partial charge on any atom is -0.331 e. The SMILES string of the molecule is Cc1ccc2c(c1)/C(=N/NC(=S)Nc1ccc(F)cc1)C(=O)N2. The van der Waals surface area contributed by atoms with E-state index in [0.717, 1.165) is 16.8 Å². The third kappa shape index (κ3) is 3.35. The highest BCUT2D eigenvalue weighted by atomic mass is 32.1. The fourth-order valence-electron chi connectivity index (χ4n) is 2.18. The number of fused-ring (bicyclic) bond motifs is 1. The van der Waals surface area contributed by atoms with Gasteiger partial charge in [0.25, 0.3) is 5.91 Å². The van der Waals surface area contributed by atoms with Gasteiger partial charge in [0.05, 0.1) is 5.69 Å². The van der Waals surface area contributed by atoms with Gasteiger partial charge in [0.15, 0.2) is 10.8 Å². The van der Waals surface area contributed by atoms with Crippen molar-refractivity contribution in [1.82, 2.24) is 5.43 Å². The molecule has 2 aromatic carbocycles. The Morgan fingerprint density at radius 3 is 2.70 bits per heavy atom. The molecule has 0 radical (unpaired) electrons. The number of hydrazone groups is 1. The first kappa shape index (κ1) is 15.1. The lowest BCUT2D eigenvalue weighted by Crippen LogP contribution is -2.27. The maximum Gasteiger partial charge on any atom is 0.276 e. The van der Waals surface area contributed by atoms with Crippen molar-refractivity contribution in [1.29, 1.82) is 0 Å². The molecule has 7 heteroatoms. The lowest BCUT2D eigenvalue weighted by molar-refractivity contribution is -0.110. The molecule has 3 N–H and O–H groups in total. The molecule has 1 aliphatic heterocycles. The number of anilines is 2. The van der Waals surface area contributed by atoms with Crippen molar-refractivity contribution in [3.05, 3.63) is 59.4 Å². The number of thiocarbonyl (C=S) groups is 1. The summed E-state index contributed by atoms with van der Waals surface area (Å²) in [5, 5.41) is 9.88. The molecule has 1 aliphatic rings. The Labute approximate surface area is 137 Å². The quantitative estimate of drug-likeness (QED) is 0.586. The number of benzene rings is 2. The van der Waals surface area contributed by atoms with Crippen LogP contribution in [0.4, 0.5) is 15.8 Å². The number of nitrogens with zero attached hydrogens (tertiary/aromatic N) is 1. The standard InChI is InChI=1S/C16H13FN4OS/c1-9-2-7-13-12(8-9)14(15(22)19-13)20-21-16(23)18-11-5-3-10(17)4-6-11/h2-8H,1H3,(H2,18,21,23)(H,19,20,22). The van der Waals surface area contributed by atoms with E-state index in [9.17, 15) is 9.18 Å². The normalized spacial score (nSPS) is 14.3. The first-order valence-electron chi connectivity index (χ1n) is 6.85. The Morgan fingerprint density at radius 2 is 1.96 bits per heavy atom. The summed E-state index contributed by atoms with van der Waals surface area (Å²) in [6.07, 6.45) is 0. The van der Waals surface area contributed by atoms with Crippen LogP contribution in [0, 0.1) is 12.7 Å². The van der Waals surface area contributed by atoms with Gasteiger partial charge in [0, 0.05) is 11.3 Å². The zero-order valence-electron chi connectivity index (χ0n) is 12.2. The molecule has 0 fully saturated rings. The van der Waals surface area contributed by atoms with Crippen LogP contribution in [0.15, 0.2) is 47.6 Å². The van der Waals surface area contributed by atoms with Gasteiger partial charge in [0.2, 0.25) is 0 Å². The van der Waals surface area contributed by atoms with Gasteiger partial charge < -0.3 is 10.6 Å². The van der Waals surface area contributed by atoms with Crippen LogP contribution < -0.4 is 16.1 Å². The zero-order chi connectivity index (χ0) is 16.4. The average molecular weight is 328 g/mol. The number of carbonyl (C=O) groups is 1. The minimum absolute atomic E-state index is 0.206. The third-order valence-electron chi connectivity index (χ3n) is 3.26. The van der Waals surface area contributed by atoms with Crippen LogP contribution >= 0.6 is 12.2 Å². The Bertz CT molecular complexity index is 817. The molecule has 1 amide bonds. The number of aryl methyl sites for hydroxylation is 1. The van der Waals surface area contributed by atoms with Crippen LogP contribution in [0.2, 0.25) is 0 Å². The molecule has 0 atom stereocenters. The van der Waals surface area contributed by atoms with E-state index >= 15 is 0 Å². The number of hydrogen-bond acceptors (Lipinski definition) is 3. The summed E-state index contributed by atoms with van der Waals surface area (Å²) in [5.74, 6) is -0.619. The summed E-state index contributed by atoms with van der Waals surface area (Å²) in [7, 11) is 0. The van der Waals surface area contributed by atoms with Crippen LogP contribution in [0.1, 0.15) is 11.1 Å². The maximum absolute atomic E-state index is 12.9. The van der Waals surface area contributed by atoms with Gasteiger partial charge in [-0.15, -0.1) is 0 Å². The lowest BCUT2D eigenvalue weighted by atomic mass is 10.1. The van der Waals surface area contributed by atoms with Crippen molar-refractivity contribution < 1.29 is 9.18 Å². The monoisotopic (exact) mass is 328 g/mol. The van der Waals surface area contributed by atoms with Crippen LogP contribution in [0.3, 0.4) is 0 Å². The van der Waals surface area contributed by atoms with E-state index < -0.39 is 0 Å². The van der Waals surface area contributed by atoms with Gasteiger partial charge in [-0.1, -0.05) is 11.6 Å². The number of carbonyl (C=O) groups excluding carboxylic acids is 1. The van der Waals surface area contributed by atoms with Crippen LogP contribution in [-0.4, -0.2) is 16.7 Å². The average Bonchev–Trinajstić information content (AvgIpc) is 2.82. The fraction of sp³-hybridized carbons (Fsp3) is 0.0625. The predicted octanol–water partition coefficient (Wildman–Crippen LogP) is 2.78. The summed E-state index contributed by atoms with van der Waals surface area (Å²) < 4.78 is 12.9. The smallest absolute Gasteiger partial charge is 0.276 e. The fourth-order valence-corrected chi connectivity index (χ4v) is 2.34. The predicted molar refractivity (Wildman–Crippen MR) is 92.1 cm³/mol. The Kier molecular flexibility index (Phi) is 4.03. The molecular weight excluding hydrogens is 315 g/mol. The Morgan fingerprint density at radius 1 is 1.22 bits per heavy atom. The molecule has 2 aromatic rings. The second-order valence-electron chi connectivity index (χ2n) is 5.04. The molecular formula is C16H13FN4OS. The summed E-state index contributed by atoms with van der Waals surface area (Å²) in [4.78, 5) is 12.0. The lowest BCUT2D eigenvalue weighted by Gasteiger charge is -2.07. The molecule has 116 valence electrons. The first-order chi connectivity index (χ1) is 11.0. The molecule has 0 aliphatic carbocycles. The van der Waals surface area contributed by atoms with Gasteiger partial charge >= 0.3 is 0 Å². The molecule has 0 saturated heterocycles. The van der Waals surface area contributed by atoms with E-state index in [-0.39, 0.29) is 22.5 Å². The van der Waals surface area contributed by atoms with Crippen LogP contribution in [0.25, 0.3) is 0 Å². The number of halogens is 1. The molecule has 0 aromatic heterocycles. The van der Waals surface area contributed by atoms with Gasteiger partial charge in [-0.05, 0) is 55.5 Å². The van der Waals surface area contributed by atoms with Crippen LogP contribution in [0.5, 0.6) is 0 Å². The van der Waals surface area contributed by atoms with E-state index in [1.807, 2.05) is 25.1 Å². The molecule has 23 heavy (non-hydrogen) atoms. The summed E-state index contributed by atoms with van der Waals surface area (Å²) in [6, 6.07) is 11.4. The summed E-state index contributed by atoms with van der Waals surface area (Å²) in [5.41, 5.74) is 6.00. The molecule has 0 saturated carbocycles. The molecule has 0 spiro atoms. The maximum atomic E-state index is 12.9. The molecule has 3 rings (SSSR count). The highest BCUT2D eigenvalue weighted by Crippen LogP contribution is 2.24. The van der Waals surface area contributed by atoms with E-state index in [1.165, 1.54) is 12.1 Å². The third-order valence-corrected chi connectivity index (χ3v) is 3.46. The zero-order valence-corrected chi connectivity index (χ0v) is 13.0. The highest BCUT2D eigenvalue weighted by Gasteiger charge is 2.26. The van der Waals surface area contributed by atoms with Gasteiger partial charge in [-0.2, -0.15) is 5.10 Å². The van der Waals surface area contributed by atoms with Crippen molar-refractivity contribution in [2.24, 2.45) is 5.10 Å². The van der Waals surface area contributed by atoms with Crippen molar-refractivity contribution in [3.8, 4) is 0 Å². The number of amides is 1. The number of rotatable bonds is 2. The van der Waals surface area contributed by atoms with Gasteiger partial charge in [0.1, 0.15) is 5.82 Å². The Hall–Kier alpha value is -2.80.